The van der Waals surface area contributed by atoms with E-state index in [1.54, 1.807) is 21.9 Å². The number of fused-ring (bicyclic) bond motifs is 2. The van der Waals surface area contributed by atoms with Crippen molar-refractivity contribution >= 4 is 23.2 Å². The van der Waals surface area contributed by atoms with Crippen molar-refractivity contribution in [2.45, 2.75) is 25.7 Å². The Labute approximate surface area is 184 Å². The summed E-state index contributed by atoms with van der Waals surface area (Å²) in [7, 11) is 0. The Morgan fingerprint density at radius 2 is 1.12 bits per heavy atom. The molecule has 0 atom stereocenters. The van der Waals surface area contributed by atoms with Crippen molar-refractivity contribution < 1.29 is 27.8 Å². The molecule has 1 saturated carbocycles. The lowest BCUT2D eigenvalue weighted by atomic mass is 9.80. The molecule has 0 bridgehead atoms. The first-order chi connectivity index (χ1) is 15.5. The van der Waals surface area contributed by atoms with Crippen molar-refractivity contribution in [2.75, 3.05) is 36.1 Å². The van der Waals surface area contributed by atoms with E-state index in [0.717, 1.165) is 0 Å². The molecule has 3 aliphatic rings. The molecular formula is C24H24F2N2O4. The Morgan fingerprint density at radius 3 is 1.53 bits per heavy atom. The zero-order valence-corrected chi connectivity index (χ0v) is 17.6. The van der Waals surface area contributed by atoms with Crippen LogP contribution in [0.15, 0.2) is 36.4 Å². The first-order valence-electron chi connectivity index (χ1n) is 11.0. The van der Waals surface area contributed by atoms with E-state index in [-0.39, 0.29) is 23.7 Å². The molecule has 5 rings (SSSR count). The summed E-state index contributed by atoms with van der Waals surface area (Å²) in [6, 6.07) is 8.42. The van der Waals surface area contributed by atoms with Gasteiger partial charge in [-0.25, -0.2) is 8.78 Å². The average Bonchev–Trinajstić information content (AvgIpc) is 2.82. The molecule has 0 unspecified atom stereocenters. The van der Waals surface area contributed by atoms with Crippen LogP contribution in [-0.2, 0) is 9.59 Å². The van der Waals surface area contributed by atoms with Crippen LogP contribution in [0.2, 0.25) is 0 Å². The molecule has 0 spiro atoms. The van der Waals surface area contributed by atoms with Crippen LogP contribution in [-0.4, -0.2) is 38.1 Å². The molecule has 32 heavy (non-hydrogen) atoms. The summed E-state index contributed by atoms with van der Waals surface area (Å²) in [6.07, 6.45) is 2.46. The molecule has 0 saturated heterocycles. The topological polar surface area (TPSA) is 59.1 Å². The molecule has 2 aromatic rings. The fourth-order valence-corrected chi connectivity index (χ4v) is 4.87. The highest BCUT2D eigenvalue weighted by Gasteiger charge is 2.37. The largest absolute Gasteiger partial charge is 0.489 e. The number of carbonyl (C=O) groups excluding carboxylic acids is 2. The fourth-order valence-electron chi connectivity index (χ4n) is 4.87. The minimum Gasteiger partial charge on any atom is -0.489 e. The average molecular weight is 442 g/mol. The molecule has 0 radical (unpaired) electrons. The molecule has 0 N–H and O–H groups in total. The minimum atomic E-state index is -0.399. The predicted octanol–water partition coefficient (Wildman–Crippen LogP) is 3.92. The van der Waals surface area contributed by atoms with Crippen LogP contribution in [0.1, 0.15) is 25.7 Å². The van der Waals surface area contributed by atoms with Gasteiger partial charge in [0.15, 0.2) is 0 Å². The number of carbonyl (C=O) groups is 2. The van der Waals surface area contributed by atoms with Gasteiger partial charge in [-0.2, -0.15) is 0 Å². The summed E-state index contributed by atoms with van der Waals surface area (Å²) in [5, 5.41) is 0. The van der Waals surface area contributed by atoms with Gasteiger partial charge in [0.2, 0.25) is 11.8 Å². The summed E-state index contributed by atoms with van der Waals surface area (Å²) >= 11 is 0. The number of ether oxygens (including phenoxy) is 2. The number of rotatable bonds is 2. The van der Waals surface area contributed by atoms with E-state index in [0.29, 0.717) is 74.9 Å². The lowest BCUT2D eigenvalue weighted by Gasteiger charge is -2.36. The fraction of sp³-hybridized carbons (Fsp3) is 0.417. The van der Waals surface area contributed by atoms with Crippen LogP contribution in [0, 0.1) is 23.5 Å². The van der Waals surface area contributed by atoms with Crippen molar-refractivity contribution in [3.05, 3.63) is 48.0 Å². The van der Waals surface area contributed by atoms with E-state index in [4.69, 9.17) is 9.47 Å². The molecular weight excluding hydrogens is 418 g/mol. The summed E-state index contributed by atoms with van der Waals surface area (Å²) in [5.41, 5.74) is 1.19. The van der Waals surface area contributed by atoms with Crippen LogP contribution < -0.4 is 19.3 Å². The maximum Gasteiger partial charge on any atom is 0.230 e. The SMILES string of the molecule is O=C(C1CCC(C(=O)N2CCOc3cc(F)ccc32)CC1)N1CCOc2cc(F)ccc21. The second kappa shape index (κ2) is 8.41. The quantitative estimate of drug-likeness (QED) is 0.708. The van der Waals surface area contributed by atoms with E-state index in [2.05, 4.69) is 0 Å². The standard InChI is InChI=1S/C24H24F2N2O4/c25-17-5-7-19-21(13-17)31-11-9-27(19)23(29)15-1-2-16(4-3-15)24(30)28-10-12-32-22-14-18(26)6-8-20(22)28/h5-8,13-16H,1-4,9-12H2. The Bertz CT molecular complexity index is 969. The normalized spacial score (nSPS) is 22.3. The molecule has 168 valence electrons. The van der Waals surface area contributed by atoms with E-state index < -0.39 is 11.6 Å². The molecule has 2 heterocycles. The van der Waals surface area contributed by atoms with Gasteiger partial charge in [-0.3, -0.25) is 9.59 Å². The smallest absolute Gasteiger partial charge is 0.230 e. The van der Waals surface area contributed by atoms with Gasteiger partial charge in [-0.15, -0.1) is 0 Å². The zero-order chi connectivity index (χ0) is 22.2. The van der Waals surface area contributed by atoms with Crippen molar-refractivity contribution in [3.63, 3.8) is 0 Å². The van der Waals surface area contributed by atoms with Crippen molar-refractivity contribution in [1.82, 2.24) is 0 Å². The monoisotopic (exact) mass is 442 g/mol. The second-order valence-electron chi connectivity index (χ2n) is 8.45. The molecule has 8 heteroatoms. The lowest BCUT2D eigenvalue weighted by molar-refractivity contribution is -0.128. The van der Waals surface area contributed by atoms with Gasteiger partial charge >= 0.3 is 0 Å². The van der Waals surface area contributed by atoms with Crippen LogP contribution >= 0.6 is 0 Å². The Morgan fingerprint density at radius 1 is 0.719 bits per heavy atom. The van der Waals surface area contributed by atoms with E-state index in [1.165, 1.54) is 24.3 Å². The van der Waals surface area contributed by atoms with Gasteiger partial charge in [0.25, 0.3) is 0 Å². The van der Waals surface area contributed by atoms with Gasteiger partial charge in [-0.1, -0.05) is 0 Å². The van der Waals surface area contributed by atoms with Crippen LogP contribution in [0.3, 0.4) is 0 Å². The highest BCUT2D eigenvalue weighted by Crippen LogP contribution is 2.39. The van der Waals surface area contributed by atoms with E-state index in [9.17, 15) is 18.4 Å². The van der Waals surface area contributed by atoms with Crippen LogP contribution in [0.4, 0.5) is 20.2 Å². The van der Waals surface area contributed by atoms with Gasteiger partial charge in [0.05, 0.1) is 24.5 Å². The maximum absolute atomic E-state index is 13.5. The van der Waals surface area contributed by atoms with Crippen LogP contribution in [0.5, 0.6) is 11.5 Å². The first-order valence-corrected chi connectivity index (χ1v) is 11.0. The van der Waals surface area contributed by atoms with E-state index in [1.807, 2.05) is 0 Å². The van der Waals surface area contributed by atoms with Crippen LogP contribution in [0.25, 0.3) is 0 Å². The van der Waals surface area contributed by atoms with Crippen molar-refractivity contribution in [1.29, 1.82) is 0 Å². The third kappa shape index (κ3) is 3.78. The molecule has 2 aromatic carbocycles. The number of anilines is 2. The van der Waals surface area contributed by atoms with Gasteiger partial charge in [-0.05, 0) is 49.9 Å². The maximum atomic E-state index is 13.5. The lowest BCUT2D eigenvalue weighted by Crippen LogP contribution is -2.45. The van der Waals surface area contributed by atoms with Gasteiger partial charge in [0, 0.05) is 24.0 Å². The Kier molecular flexibility index (Phi) is 5.45. The number of hydrogen-bond donors (Lipinski definition) is 0. The highest BCUT2D eigenvalue weighted by molar-refractivity contribution is 5.98. The summed E-state index contributed by atoms with van der Waals surface area (Å²) < 4.78 is 38.0. The number of nitrogens with zero attached hydrogens (tertiary/aromatic N) is 2. The van der Waals surface area contributed by atoms with Gasteiger partial charge < -0.3 is 19.3 Å². The van der Waals surface area contributed by atoms with Crippen molar-refractivity contribution in [2.24, 2.45) is 11.8 Å². The number of benzene rings is 2. The highest BCUT2D eigenvalue weighted by atomic mass is 19.1. The molecule has 6 nitrogen and oxygen atoms in total. The Balaban J connectivity index is 1.25. The van der Waals surface area contributed by atoms with E-state index >= 15 is 0 Å². The molecule has 1 aliphatic carbocycles. The molecule has 0 aromatic heterocycles. The number of hydrogen-bond acceptors (Lipinski definition) is 4. The summed E-state index contributed by atoms with van der Waals surface area (Å²) in [5.74, 6) is -0.387. The van der Waals surface area contributed by atoms with Crippen molar-refractivity contribution in [3.8, 4) is 11.5 Å². The van der Waals surface area contributed by atoms with Gasteiger partial charge in [0.1, 0.15) is 36.3 Å². The third-order valence-electron chi connectivity index (χ3n) is 6.53. The third-order valence-corrected chi connectivity index (χ3v) is 6.53. The summed E-state index contributed by atoms with van der Waals surface area (Å²) in [4.78, 5) is 29.8. The minimum absolute atomic E-state index is 0.000694. The Hall–Kier alpha value is -3.16. The number of amides is 2. The summed E-state index contributed by atoms with van der Waals surface area (Å²) in [6.45, 7) is 1.51. The number of halogens is 2. The molecule has 1 fully saturated rings. The first kappa shape index (κ1) is 20.7. The zero-order valence-electron chi connectivity index (χ0n) is 17.6. The predicted molar refractivity (Wildman–Crippen MR) is 114 cm³/mol. The molecule has 2 aliphatic heterocycles. The second-order valence-corrected chi connectivity index (χ2v) is 8.45. The molecule has 2 amide bonds.